The lowest BCUT2D eigenvalue weighted by molar-refractivity contribution is 0.111. The van der Waals surface area contributed by atoms with Gasteiger partial charge in [-0.25, -0.2) is 4.98 Å². The minimum Gasteiger partial charge on any atom is -0.496 e. The number of carbonyl (C=O) groups is 1. The molecule has 1 heterocycles. The molecule has 0 aliphatic carbocycles. The lowest BCUT2D eigenvalue weighted by Gasteiger charge is -2.29. The quantitative estimate of drug-likeness (QED) is 0.731. The van der Waals surface area contributed by atoms with E-state index in [1.165, 1.54) is 11.1 Å². The number of benzene rings is 1. The van der Waals surface area contributed by atoms with E-state index in [1.807, 2.05) is 12.1 Å². The standard InChI is InChI=1S/C21H27NO2/c1-20(2,3)14-11-16(21(4,5)6)19(18(12-14)24-7)17-10-8-9-15(13-23)22-17/h8-13H,1-7H3. The topological polar surface area (TPSA) is 39.2 Å². The molecule has 2 rings (SSSR count). The van der Waals surface area contributed by atoms with Crippen LogP contribution in [0.3, 0.4) is 0 Å². The van der Waals surface area contributed by atoms with Crippen LogP contribution in [0.15, 0.2) is 30.3 Å². The van der Waals surface area contributed by atoms with Gasteiger partial charge < -0.3 is 4.74 Å². The maximum atomic E-state index is 11.1. The van der Waals surface area contributed by atoms with E-state index in [0.29, 0.717) is 5.69 Å². The van der Waals surface area contributed by atoms with Crippen molar-refractivity contribution in [1.82, 2.24) is 4.98 Å². The minimum absolute atomic E-state index is 0.0177. The molecule has 2 aromatic rings. The van der Waals surface area contributed by atoms with E-state index >= 15 is 0 Å². The molecular weight excluding hydrogens is 298 g/mol. The predicted molar refractivity (Wildman–Crippen MR) is 99.0 cm³/mol. The Balaban J connectivity index is 2.84. The van der Waals surface area contributed by atoms with Crippen molar-refractivity contribution in [2.24, 2.45) is 0 Å². The second-order valence-corrected chi connectivity index (χ2v) is 8.17. The number of pyridine rings is 1. The number of carbonyl (C=O) groups excluding carboxylic acids is 1. The van der Waals surface area contributed by atoms with Gasteiger partial charge in [0.2, 0.25) is 0 Å². The lowest BCUT2D eigenvalue weighted by Crippen LogP contribution is -2.18. The molecule has 1 aromatic carbocycles. The Labute approximate surface area is 145 Å². The number of nitrogens with zero attached hydrogens (tertiary/aromatic N) is 1. The highest BCUT2D eigenvalue weighted by Gasteiger charge is 2.26. The van der Waals surface area contributed by atoms with Gasteiger partial charge in [0.25, 0.3) is 0 Å². The van der Waals surface area contributed by atoms with E-state index < -0.39 is 0 Å². The van der Waals surface area contributed by atoms with Gasteiger partial charge in [-0.15, -0.1) is 0 Å². The van der Waals surface area contributed by atoms with Gasteiger partial charge in [-0.2, -0.15) is 0 Å². The van der Waals surface area contributed by atoms with Gasteiger partial charge in [0, 0.05) is 5.56 Å². The molecule has 1 aromatic heterocycles. The molecule has 3 heteroatoms. The van der Waals surface area contributed by atoms with Crippen LogP contribution in [0.4, 0.5) is 0 Å². The first kappa shape index (κ1) is 18.2. The molecule has 0 atom stereocenters. The minimum atomic E-state index is -0.0806. The first-order valence-electron chi connectivity index (χ1n) is 8.23. The average Bonchev–Trinajstić information content (AvgIpc) is 2.51. The normalized spacial score (nSPS) is 12.1. The summed E-state index contributed by atoms with van der Waals surface area (Å²) in [6.45, 7) is 13.1. The Morgan fingerprint density at radius 3 is 2.17 bits per heavy atom. The van der Waals surface area contributed by atoms with E-state index in [-0.39, 0.29) is 10.8 Å². The second-order valence-electron chi connectivity index (χ2n) is 8.17. The molecule has 0 unspecified atom stereocenters. The summed E-state index contributed by atoms with van der Waals surface area (Å²) in [4.78, 5) is 15.6. The van der Waals surface area contributed by atoms with Crippen LogP contribution in [0, 0.1) is 0 Å². The van der Waals surface area contributed by atoms with Crippen LogP contribution in [0.2, 0.25) is 0 Å². The van der Waals surface area contributed by atoms with Crippen molar-refractivity contribution in [2.45, 2.75) is 52.4 Å². The Bertz CT molecular complexity index is 749. The highest BCUT2D eigenvalue weighted by atomic mass is 16.5. The van der Waals surface area contributed by atoms with Crippen LogP contribution >= 0.6 is 0 Å². The Morgan fingerprint density at radius 2 is 1.67 bits per heavy atom. The highest BCUT2D eigenvalue weighted by molar-refractivity contribution is 5.77. The number of hydrogen-bond donors (Lipinski definition) is 0. The van der Waals surface area contributed by atoms with Crippen molar-refractivity contribution in [3.05, 3.63) is 47.2 Å². The summed E-state index contributed by atoms with van der Waals surface area (Å²) in [7, 11) is 1.68. The summed E-state index contributed by atoms with van der Waals surface area (Å²) >= 11 is 0. The molecule has 128 valence electrons. The third-order valence-electron chi connectivity index (χ3n) is 4.14. The molecular formula is C21H27NO2. The Morgan fingerprint density at radius 1 is 1.00 bits per heavy atom. The number of hydrogen-bond acceptors (Lipinski definition) is 3. The molecule has 0 aliphatic heterocycles. The van der Waals surface area contributed by atoms with E-state index in [1.54, 1.807) is 13.2 Å². The SMILES string of the molecule is COc1cc(C(C)(C)C)cc(C(C)(C)C)c1-c1cccc(C=O)n1. The third-order valence-corrected chi connectivity index (χ3v) is 4.14. The van der Waals surface area contributed by atoms with E-state index in [9.17, 15) is 4.79 Å². The van der Waals surface area contributed by atoms with Gasteiger partial charge in [0.15, 0.2) is 6.29 Å². The van der Waals surface area contributed by atoms with Crippen molar-refractivity contribution in [3.63, 3.8) is 0 Å². The highest BCUT2D eigenvalue weighted by Crippen LogP contribution is 2.42. The van der Waals surface area contributed by atoms with Gasteiger partial charge in [-0.3, -0.25) is 4.79 Å². The molecule has 3 nitrogen and oxygen atoms in total. The molecule has 0 amide bonds. The third kappa shape index (κ3) is 3.66. The van der Waals surface area contributed by atoms with Crippen LogP contribution in [-0.2, 0) is 10.8 Å². The fraction of sp³-hybridized carbons (Fsp3) is 0.429. The summed E-state index contributed by atoms with van der Waals surface area (Å²) < 4.78 is 5.72. The molecule has 0 N–H and O–H groups in total. The number of rotatable bonds is 3. The van der Waals surface area contributed by atoms with Crippen LogP contribution in [0.25, 0.3) is 11.3 Å². The van der Waals surface area contributed by atoms with Crippen molar-refractivity contribution in [2.75, 3.05) is 7.11 Å². The van der Waals surface area contributed by atoms with Crippen molar-refractivity contribution < 1.29 is 9.53 Å². The van der Waals surface area contributed by atoms with Gasteiger partial charge in [0.1, 0.15) is 11.4 Å². The molecule has 24 heavy (non-hydrogen) atoms. The number of aromatic nitrogens is 1. The fourth-order valence-corrected chi connectivity index (χ4v) is 2.72. The Hall–Kier alpha value is -2.16. The zero-order valence-electron chi connectivity index (χ0n) is 15.7. The van der Waals surface area contributed by atoms with E-state index in [2.05, 4.69) is 58.7 Å². The lowest BCUT2D eigenvalue weighted by atomic mass is 9.77. The van der Waals surface area contributed by atoms with Gasteiger partial charge in [0.05, 0.1) is 12.8 Å². The fourth-order valence-electron chi connectivity index (χ4n) is 2.72. The zero-order chi connectivity index (χ0) is 18.1. The average molecular weight is 325 g/mol. The molecule has 0 spiro atoms. The first-order valence-corrected chi connectivity index (χ1v) is 8.23. The van der Waals surface area contributed by atoms with E-state index in [4.69, 9.17) is 4.74 Å². The van der Waals surface area contributed by atoms with Crippen LogP contribution in [-0.4, -0.2) is 18.4 Å². The zero-order valence-corrected chi connectivity index (χ0v) is 15.7. The predicted octanol–water partition coefficient (Wildman–Crippen LogP) is 5.16. The maximum Gasteiger partial charge on any atom is 0.168 e. The molecule has 0 fully saturated rings. The summed E-state index contributed by atoms with van der Waals surface area (Å²) in [6.07, 6.45) is 0.774. The number of methoxy groups -OCH3 is 1. The molecule has 0 saturated carbocycles. The summed E-state index contributed by atoms with van der Waals surface area (Å²) in [6, 6.07) is 9.82. The summed E-state index contributed by atoms with van der Waals surface area (Å²) in [5.41, 5.74) is 4.48. The second kappa shape index (κ2) is 6.39. The molecule has 0 radical (unpaired) electrons. The van der Waals surface area contributed by atoms with Gasteiger partial charge in [-0.1, -0.05) is 53.7 Å². The molecule has 0 saturated heterocycles. The van der Waals surface area contributed by atoms with Gasteiger partial charge in [-0.05, 0) is 40.2 Å². The monoisotopic (exact) mass is 325 g/mol. The number of ether oxygens (including phenoxy) is 1. The van der Waals surface area contributed by atoms with Crippen molar-refractivity contribution >= 4 is 6.29 Å². The maximum absolute atomic E-state index is 11.1. The van der Waals surface area contributed by atoms with Crippen molar-refractivity contribution in [3.8, 4) is 17.0 Å². The first-order chi connectivity index (χ1) is 11.1. The van der Waals surface area contributed by atoms with Crippen LogP contribution in [0.5, 0.6) is 5.75 Å². The Kier molecular flexibility index (Phi) is 4.84. The number of aldehydes is 1. The largest absolute Gasteiger partial charge is 0.496 e. The van der Waals surface area contributed by atoms with E-state index in [0.717, 1.165) is 23.3 Å². The van der Waals surface area contributed by atoms with Gasteiger partial charge >= 0.3 is 0 Å². The molecule has 0 aliphatic rings. The summed E-state index contributed by atoms with van der Waals surface area (Å²) in [5.74, 6) is 0.794. The van der Waals surface area contributed by atoms with Crippen LogP contribution < -0.4 is 4.74 Å². The molecule has 0 bridgehead atoms. The van der Waals surface area contributed by atoms with Crippen LogP contribution in [0.1, 0.15) is 63.2 Å². The summed E-state index contributed by atoms with van der Waals surface area (Å²) in [5, 5.41) is 0. The van der Waals surface area contributed by atoms with Crippen molar-refractivity contribution in [1.29, 1.82) is 0 Å². The smallest absolute Gasteiger partial charge is 0.168 e.